The lowest BCUT2D eigenvalue weighted by Gasteiger charge is -2.15. The van der Waals surface area contributed by atoms with Gasteiger partial charge in [0.2, 0.25) is 11.8 Å². The minimum Gasteiger partial charge on any atom is -0.348 e. The van der Waals surface area contributed by atoms with E-state index in [1.165, 1.54) is 6.08 Å². The molecule has 124 valence electrons. The maximum atomic E-state index is 11.8. The lowest BCUT2D eigenvalue weighted by Crippen LogP contribution is -2.23. The highest BCUT2D eigenvalue weighted by atomic mass is 32.1. The number of amides is 2. The van der Waals surface area contributed by atoms with Crippen LogP contribution in [0, 0.1) is 6.92 Å². The molecular weight excluding hydrogens is 322 g/mol. The summed E-state index contributed by atoms with van der Waals surface area (Å²) in [6, 6.07) is 7.74. The highest BCUT2D eigenvalue weighted by molar-refractivity contribution is 7.09. The number of nitrogens with zero attached hydrogens (tertiary/aromatic N) is 2. The van der Waals surface area contributed by atoms with Gasteiger partial charge < -0.3 is 10.2 Å². The highest BCUT2D eigenvalue weighted by Gasteiger charge is 2.21. The van der Waals surface area contributed by atoms with Gasteiger partial charge in [-0.1, -0.05) is 12.1 Å². The van der Waals surface area contributed by atoms with Crippen molar-refractivity contribution in [3.63, 3.8) is 0 Å². The van der Waals surface area contributed by atoms with E-state index < -0.39 is 0 Å². The predicted molar refractivity (Wildman–Crippen MR) is 95.8 cm³/mol. The smallest absolute Gasteiger partial charge is 0.244 e. The quantitative estimate of drug-likeness (QED) is 0.851. The van der Waals surface area contributed by atoms with Gasteiger partial charge in [-0.05, 0) is 37.1 Å². The molecule has 0 spiro atoms. The molecule has 0 bridgehead atoms. The number of rotatable bonds is 5. The Kier molecular flexibility index (Phi) is 5.05. The molecule has 1 aromatic carbocycles. The molecule has 3 rings (SSSR count). The zero-order chi connectivity index (χ0) is 16.9. The molecule has 0 aliphatic carbocycles. The van der Waals surface area contributed by atoms with Crippen LogP contribution in [0.2, 0.25) is 0 Å². The average Bonchev–Trinajstić information content (AvgIpc) is 3.20. The van der Waals surface area contributed by atoms with Crippen LogP contribution in [-0.4, -0.2) is 23.3 Å². The first-order valence-corrected chi connectivity index (χ1v) is 8.77. The molecule has 5 nitrogen and oxygen atoms in total. The van der Waals surface area contributed by atoms with Crippen LogP contribution in [0.15, 0.2) is 35.7 Å². The van der Waals surface area contributed by atoms with Gasteiger partial charge in [0.05, 0.1) is 10.7 Å². The van der Waals surface area contributed by atoms with Gasteiger partial charge in [0, 0.05) is 36.7 Å². The van der Waals surface area contributed by atoms with Crippen molar-refractivity contribution >= 4 is 34.9 Å². The average molecular weight is 341 g/mol. The van der Waals surface area contributed by atoms with Crippen molar-refractivity contribution in [1.82, 2.24) is 10.3 Å². The van der Waals surface area contributed by atoms with E-state index in [-0.39, 0.29) is 11.8 Å². The van der Waals surface area contributed by atoms with E-state index in [0.717, 1.165) is 34.9 Å². The number of carbonyl (C=O) groups excluding carboxylic acids is 2. The normalized spacial score (nSPS) is 14.5. The minimum atomic E-state index is -0.153. The van der Waals surface area contributed by atoms with E-state index in [0.29, 0.717) is 13.0 Å². The Morgan fingerprint density at radius 3 is 2.79 bits per heavy atom. The van der Waals surface area contributed by atoms with Crippen LogP contribution >= 0.6 is 11.3 Å². The monoisotopic (exact) mass is 341 g/mol. The summed E-state index contributed by atoms with van der Waals surface area (Å²) in [6.07, 6.45) is 4.75. The molecule has 0 radical (unpaired) electrons. The van der Waals surface area contributed by atoms with Crippen LogP contribution in [-0.2, 0) is 16.1 Å². The van der Waals surface area contributed by atoms with E-state index in [1.807, 2.05) is 36.6 Å². The molecule has 1 fully saturated rings. The van der Waals surface area contributed by atoms with Crippen LogP contribution in [0.1, 0.15) is 29.1 Å². The largest absolute Gasteiger partial charge is 0.348 e. The molecule has 6 heteroatoms. The molecule has 24 heavy (non-hydrogen) atoms. The van der Waals surface area contributed by atoms with Gasteiger partial charge >= 0.3 is 0 Å². The third-order valence-electron chi connectivity index (χ3n) is 3.83. The maximum absolute atomic E-state index is 11.8. The second-order valence-corrected chi connectivity index (χ2v) is 6.72. The summed E-state index contributed by atoms with van der Waals surface area (Å²) in [5.74, 6) is 0.0258. The van der Waals surface area contributed by atoms with E-state index in [1.54, 1.807) is 22.3 Å². The van der Waals surface area contributed by atoms with Crippen molar-refractivity contribution in [3.8, 4) is 0 Å². The van der Waals surface area contributed by atoms with Crippen LogP contribution in [0.4, 0.5) is 5.69 Å². The van der Waals surface area contributed by atoms with Gasteiger partial charge in [-0.3, -0.25) is 9.59 Å². The Hall–Kier alpha value is -2.47. The fraction of sp³-hybridized carbons (Fsp3) is 0.278. The molecule has 0 atom stereocenters. The van der Waals surface area contributed by atoms with Crippen LogP contribution in [0.5, 0.6) is 0 Å². The number of carbonyl (C=O) groups is 2. The number of hydrogen-bond acceptors (Lipinski definition) is 4. The molecule has 1 aliphatic rings. The predicted octanol–water partition coefficient (Wildman–Crippen LogP) is 2.91. The summed E-state index contributed by atoms with van der Waals surface area (Å²) in [5, 5.41) is 5.74. The number of benzene rings is 1. The third kappa shape index (κ3) is 4.08. The zero-order valence-electron chi connectivity index (χ0n) is 13.5. The fourth-order valence-corrected chi connectivity index (χ4v) is 3.16. The van der Waals surface area contributed by atoms with Crippen molar-refractivity contribution in [3.05, 3.63) is 52.0 Å². The standard InChI is InChI=1S/C18H19N3O2S/c1-13-20-15(12-24-13)6-9-17(22)19-11-14-4-7-16(8-5-14)21-10-2-3-18(21)23/h4-9,12H,2-3,10-11H2,1H3,(H,19,22)/b9-6+. The van der Waals surface area contributed by atoms with E-state index >= 15 is 0 Å². The van der Waals surface area contributed by atoms with Crippen molar-refractivity contribution in [1.29, 1.82) is 0 Å². The molecule has 2 amide bonds. The van der Waals surface area contributed by atoms with Gasteiger partial charge in [-0.25, -0.2) is 4.98 Å². The van der Waals surface area contributed by atoms with Crippen molar-refractivity contribution in [2.24, 2.45) is 0 Å². The molecule has 2 aromatic rings. The van der Waals surface area contributed by atoms with E-state index in [4.69, 9.17) is 0 Å². The Bertz CT molecular complexity index is 765. The molecule has 2 heterocycles. The summed E-state index contributed by atoms with van der Waals surface area (Å²) >= 11 is 1.56. The van der Waals surface area contributed by atoms with Gasteiger partial charge in [0.25, 0.3) is 0 Å². The number of hydrogen-bond donors (Lipinski definition) is 1. The molecule has 1 aliphatic heterocycles. The molecule has 1 aromatic heterocycles. The fourth-order valence-electron chi connectivity index (χ4n) is 2.58. The van der Waals surface area contributed by atoms with Crippen LogP contribution in [0.25, 0.3) is 6.08 Å². The summed E-state index contributed by atoms with van der Waals surface area (Å²) in [4.78, 5) is 29.6. The van der Waals surface area contributed by atoms with Crippen molar-refractivity contribution in [2.45, 2.75) is 26.3 Å². The van der Waals surface area contributed by atoms with Gasteiger partial charge in [-0.2, -0.15) is 0 Å². The number of thiazole rings is 1. The first-order chi connectivity index (χ1) is 11.6. The number of nitrogens with one attached hydrogen (secondary N) is 1. The number of aryl methyl sites for hydroxylation is 1. The van der Waals surface area contributed by atoms with Crippen LogP contribution in [0.3, 0.4) is 0 Å². The Labute approximate surface area is 145 Å². The van der Waals surface area contributed by atoms with Gasteiger partial charge in [0.15, 0.2) is 0 Å². The second-order valence-electron chi connectivity index (χ2n) is 5.66. The first-order valence-electron chi connectivity index (χ1n) is 7.89. The SMILES string of the molecule is Cc1nc(/C=C/C(=O)NCc2ccc(N3CCCC3=O)cc2)cs1. The summed E-state index contributed by atoms with van der Waals surface area (Å²) in [6.45, 7) is 3.17. The van der Waals surface area contributed by atoms with Crippen molar-refractivity contribution in [2.75, 3.05) is 11.4 Å². The maximum Gasteiger partial charge on any atom is 0.244 e. The molecule has 0 saturated carbocycles. The lowest BCUT2D eigenvalue weighted by molar-refractivity contribution is -0.117. The number of anilines is 1. The highest BCUT2D eigenvalue weighted by Crippen LogP contribution is 2.21. The third-order valence-corrected chi connectivity index (χ3v) is 4.62. The van der Waals surface area contributed by atoms with Crippen LogP contribution < -0.4 is 10.2 Å². The summed E-state index contributed by atoms with van der Waals surface area (Å²) in [7, 11) is 0. The Balaban J connectivity index is 1.52. The molecule has 1 N–H and O–H groups in total. The first kappa shape index (κ1) is 16.4. The van der Waals surface area contributed by atoms with E-state index in [2.05, 4.69) is 10.3 Å². The van der Waals surface area contributed by atoms with Gasteiger partial charge in [0.1, 0.15) is 0 Å². The van der Waals surface area contributed by atoms with E-state index in [9.17, 15) is 9.59 Å². The van der Waals surface area contributed by atoms with Crippen molar-refractivity contribution < 1.29 is 9.59 Å². The molecule has 1 saturated heterocycles. The number of aromatic nitrogens is 1. The Morgan fingerprint density at radius 2 is 2.17 bits per heavy atom. The molecular formula is C18H19N3O2S. The lowest BCUT2D eigenvalue weighted by atomic mass is 10.2. The van der Waals surface area contributed by atoms with Gasteiger partial charge in [-0.15, -0.1) is 11.3 Å². The molecule has 0 unspecified atom stereocenters. The Morgan fingerprint density at radius 1 is 1.38 bits per heavy atom. The topological polar surface area (TPSA) is 62.3 Å². The minimum absolute atomic E-state index is 0.153. The zero-order valence-corrected chi connectivity index (χ0v) is 14.3. The summed E-state index contributed by atoms with van der Waals surface area (Å²) in [5.41, 5.74) is 2.72. The summed E-state index contributed by atoms with van der Waals surface area (Å²) < 4.78 is 0. The second kappa shape index (κ2) is 7.40.